The Morgan fingerprint density at radius 2 is 1.90 bits per heavy atom. The maximum Gasteiger partial charge on any atom is 0.263 e. The summed E-state index contributed by atoms with van der Waals surface area (Å²) in [7, 11) is 2.98. The van der Waals surface area contributed by atoms with Crippen LogP contribution in [0.3, 0.4) is 0 Å². The number of benzene rings is 2. The lowest BCUT2D eigenvalue weighted by Crippen LogP contribution is -2.38. The van der Waals surface area contributed by atoms with Crippen molar-refractivity contribution in [3.8, 4) is 5.75 Å². The number of aryl methyl sites for hydroxylation is 1. The molecule has 1 heterocycles. The number of hydrogen-bond acceptors (Lipinski definition) is 4. The number of carbonyl (C=O) groups is 2. The largest absolute Gasteiger partial charge is 0.494 e. The molecule has 8 heteroatoms. The van der Waals surface area contributed by atoms with Crippen LogP contribution in [0.1, 0.15) is 17.5 Å². The van der Waals surface area contributed by atoms with Crippen molar-refractivity contribution in [1.29, 1.82) is 0 Å². The van der Waals surface area contributed by atoms with E-state index >= 15 is 0 Å². The van der Waals surface area contributed by atoms with Gasteiger partial charge in [-0.2, -0.15) is 0 Å². The molecule has 0 aromatic heterocycles. The van der Waals surface area contributed by atoms with Gasteiger partial charge in [0, 0.05) is 43.5 Å². The Bertz CT molecular complexity index is 1040. The van der Waals surface area contributed by atoms with Gasteiger partial charge >= 0.3 is 0 Å². The van der Waals surface area contributed by atoms with Gasteiger partial charge in [-0.15, -0.1) is 0 Å². The smallest absolute Gasteiger partial charge is 0.263 e. The lowest BCUT2D eigenvalue weighted by atomic mass is 10.0. The second-order valence-electron chi connectivity index (χ2n) is 7.10. The molecule has 0 unspecified atom stereocenters. The van der Waals surface area contributed by atoms with Crippen LogP contribution in [-0.4, -0.2) is 37.3 Å². The van der Waals surface area contributed by atoms with E-state index in [1.54, 1.807) is 18.9 Å². The number of ketones is 1. The molecule has 0 saturated carbocycles. The van der Waals surface area contributed by atoms with Crippen LogP contribution in [0.4, 0.5) is 18.9 Å². The first kappa shape index (κ1) is 21.4. The second-order valence-corrected chi connectivity index (χ2v) is 7.10. The quantitative estimate of drug-likeness (QED) is 0.695. The summed E-state index contributed by atoms with van der Waals surface area (Å²) in [5, 5.41) is 0. The predicted octanol–water partition coefficient (Wildman–Crippen LogP) is 3.74. The lowest BCUT2D eigenvalue weighted by molar-refractivity contribution is -0.122. The minimum absolute atomic E-state index is 0.0115. The average Bonchev–Trinajstić information content (AvgIpc) is 2.69. The number of hydrogen-bond donors (Lipinski definition) is 0. The number of nitrogens with zero attached hydrogens (tertiary/aromatic N) is 2. The van der Waals surface area contributed by atoms with Crippen LogP contribution in [0.5, 0.6) is 5.75 Å². The highest BCUT2D eigenvalue weighted by Crippen LogP contribution is 2.29. The van der Waals surface area contributed by atoms with Crippen molar-refractivity contribution in [2.45, 2.75) is 19.9 Å². The Morgan fingerprint density at radius 1 is 1.17 bits per heavy atom. The van der Waals surface area contributed by atoms with E-state index in [0.717, 1.165) is 6.07 Å². The van der Waals surface area contributed by atoms with E-state index in [1.807, 2.05) is 0 Å². The summed E-state index contributed by atoms with van der Waals surface area (Å²) >= 11 is 0. The van der Waals surface area contributed by atoms with Crippen LogP contribution in [0.25, 0.3) is 0 Å². The topological polar surface area (TPSA) is 49.9 Å². The molecule has 0 N–H and O–H groups in total. The molecule has 0 spiro atoms. The maximum absolute atomic E-state index is 14.5. The van der Waals surface area contributed by atoms with Gasteiger partial charge in [0.25, 0.3) is 5.91 Å². The maximum atomic E-state index is 14.5. The molecule has 0 radical (unpaired) electrons. The van der Waals surface area contributed by atoms with Crippen molar-refractivity contribution in [2.24, 2.45) is 0 Å². The molecule has 0 atom stereocenters. The summed E-state index contributed by atoms with van der Waals surface area (Å²) in [6, 6.07) is 5.63. The Hall–Kier alpha value is -3.29. The highest BCUT2D eigenvalue weighted by atomic mass is 19.1. The lowest BCUT2D eigenvalue weighted by Gasteiger charge is -2.28. The molecule has 3 rings (SSSR count). The highest BCUT2D eigenvalue weighted by molar-refractivity contribution is 6.24. The van der Waals surface area contributed by atoms with Crippen molar-refractivity contribution < 1.29 is 27.5 Å². The minimum atomic E-state index is -0.874. The van der Waals surface area contributed by atoms with Crippen LogP contribution in [0.2, 0.25) is 0 Å². The van der Waals surface area contributed by atoms with Gasteiger partial charge in [0.1, 0.15) is 11.6 Å². The van der Waals surface area contributed by atoms with E-state index in [2.05, 4.69) is 0 Å². The van der Waals surface area contributed by atoms with Crippen LogP contribution >= 0.6 is 0 Å². The summed E-state index contributed by atoms with van der Waals surface area (Å²) in [5.74, 6) is -3.40. The van der Waals surface area contributed by atoms with Crippen LogP contribution < -0.4 is 9.64 Å². The molecular weight excluding hydrogens is 397 g/mol. The summed E-state index contributed by atoms with van der Waals surface area (Å²) < 4.78 is 46.8. The van der Waals surface area contributed by atoms with Crippen molar-refractivity contribution in [3.63, 3.8) is 0 Å². The number of anilines is 1. The summed E-state index contributed by atoms with van der Waals surface area (Å²) in [6.45, 7) is 1.78. The molecule has 0 saturated heterocycles. The Kier molecular flexibility index (Phi) is 6.14. The monoisotopic (exact) mass is 418 g/mol. The first-order valence-corrected chi connectivity index (χ1v) is 9.26. The Balaban J connectivity index is 2.09. The van der Waals surface area contributed by atoms with Gasteiger partial charge in [0.05, 0.1) is 19.2 Å². The zero-order chi connectivity index (χ0) is 22.0. The molecule has 1 aliphatic rings. The Labute approximate surface area is 172 Å². The zero-order valence-corrected chi connectivity index (χ0v) is 16.8. The van der Waals surface area contributed by atoms with Crippen molar-refractivity contribution in [2.75, 3.05) is 25.6 Å². The third-order valence-corrected chi connectivity index (χ3v) is 4.92. The van der Waals surface area contributed by atoms with Gasteiger partial charge in [-0.05, 0) is 36.8 Å². The fourth-order valence-electron chi connectivity index (χ4n) is 3.30. The first-order chi connectivity index (χ1) is 14.2. The fraction of sp³-hybridized carbons (Fsp3) is 0.273. The van der Waals surface area contributed by atoms with Gasteiger partial charge in [-0.1, -0.05) is 0 Å². The minimum Gasteiger partial charge on any atom is -0.494 e. The van der Waals surface area contributed by atoms with Crippen LogP contribution in [0, 0.1) is 24.4 Å². The van der Waals surface area contributed by atoms with Crippen molar-refractivity contribution >= 4 is 17.4 Å². The zero-order valence-electron chi connectivity index (χ0n) is 16.8. The van der Waals surface area contributed by atoms with E-state index in [-0.39, 0.29) is 35.6 Å². The summed E-state index contributed by atoms with van der Waals surface area (Å²) in [4.78, 5) is 28.6. The van der Waals surface area contributed by atoms with Crippen molar-refractivity contribution in [1.82, 2.24) is 4.90 Å². The number of methoxy groups -OCH3 is 1. The number of ether oxygens (including phenoxy) is 1. The molecule has 0 aliphatic carbocycles. The second kappa shape index (κ2) is 8.61. The molecule has 2 aromatic carbocycles. The van der Waals surface area contributed by atoms with E-state index in [4.69, 9.17) is 4.74 Å². The summed E-state index contributed by atoms with van der Waals surface area (Å²) in [6.07, 6.45) is 1.62. The number of amides is 1. The van der Waals surface area contributed by atoms with Gasteiger partial charge in [-0.3, -0.25) is 9.59 Å². The number of halogens is 3. The third-order valence-electron chi connectivity index (χ3n) is 4.92. The van der Waals surface area contributed by atoms with E-state index in [1.165, 1.54) is 36.4 Å². The molecule has 158 valence electrons. The Morgan fingerprint density at radius 3 is 2.57 bits per heavy atom. The molecule has 5 nitrogen and oxygen atoms in total. The van der Waals surface area contributed by atoms with Gasteiger partial charge in [-0.25, -0.2) is 13.2 Å². The fourth-order valence-corrected chi connectivity index (χ4v) is 3.30. The standard InChI is InChI=1S/C22H21F3N2O3/c1-13-8-15(23)4-5-19(13)27(22(29)16-12-26(2)7-6-20(16)28)11-14-9-21(30-3)18(25)10-17(14)24/h4-5,8-10,12H,6-7,11H2,1-3H3. The third kappa shape index (κ3) is 4.32. The molecule has 1 amide bonds. The van der Waals surface area contributed by atoms with Crippen LogP contribution in [-0.2, 0) is 16.1 Å². The van der Waals surface area contributed by atoms with Crippen molar-refractivity contribution in [3.05, 3.63) is 70.7 Å². The number of rotatable bonds is 5. The molecule has 2 aromatic rings. The molecule has 0 fully saturated rings. The van der Waals surface area contributed by atoms with E-state index < -0.39 is 23.4 Å². The number of carbonyl (C=O) groups excluding carboxylic acids is 2. The normalized spacial score (nSPS) is 13.9. The summed E-state index contributed by atoms with van der Waals surface area (Å²) in [5.41, 5.74) is 0.672. The molecule has 30 heavy (non-hydrogen) atoms. The molecule has 0 bridgehead atoms. The van der Waals surface area contributed by atoms with Gasteiger partial charge in [0.15, 0.2) is 17.3 Å². The highest BCUT2D eigenvalue weighted by Gasteiger charge is 2.29. The predicted molar refractivity (Wildman–Crippen MR) is 106 cm³/mol. The van der Waals surface area contributed by atoms with Gasteiger partial charge in [0.2, 0.25) is 0 Å². The van der Waals surface area contributed by atoms with E-state index in [9.17, 15) is 22.8 Å². The molecular formula is C22H21F3N2O3. The molecule has 1 aliphatic heterocycles. The van der Waals surface area contributed by atoms with E-state index in [0.29, 0.717) is 23.9 Å². The average molecular weight is 418 g/mol. The number of Topliss-reactive ketones (excluding diaryl/α,β-unsaturated/α-hetero) is 1. The van der Waals surface area contributed by atoms with Crippen LogP contribution in [0.15, 0.2) is 42.1 Å². The van der Waals surface area contributed by atoms with Gasteiger partial charge < -0.3 is 14.5 Å². The first-order valence-electron chi connectivity index (χ1n) is 9.26. The SMILES string of the molecule is COc1cc(CN(C(=O)C2=CN(C)CCC2=O)c2ccc(F)cc2C)c(F)cc1F.